The van der Waals surface area contributed by atoms with Crippen LogP contribution in [-0.2, 0) is 0 Å². The average Bonchev–Trinajstić information content (AvgIpc) is 2.24. The minimum absolute atomic E-state index is 0.522. The van der Waals surface area contributed by atoms with Crippen molar-refractivity contribution < 1.29 is 0 Å². The zero-order chi connectivity index (χ0) is 10.0. The predicted octanol–water partition coefficient (Wildman–Crippen LogP) is 1.86. The van der Waals surface area contributed by atoms with Crippen molar-refractivity contribution >= 4 is 0 Å². The number of nitrogens with one attached hydrogen (secondary N) is 1. The topological polar surface area (TPSA) is 15.3 Å². The Morgan fingerprint density at radius 1 is 1.14 bits per heavy atom. The molecule has 0 radical (unpaired) electrons. The van der Waals surface area contributed by atoms with Gasteiger partial charge in [-0.05, 0) is 38.5 Å². The Balaban J connectivity index is 1.93. The third-order valence-electron chi connectivity index (χ3n) is 4.23. The average molecular weight is 196 g/mol. The quantitative estimate of drug-likeness (QED) is 0.688. The van der Waals surface area contributed by atoms with Crippen LogP contribution in [0, 0.1) is 5.92 Å². The second kappa shape index (κ2) is 4.19. The van der Waals surface area contributed by atoms with Crippen LogP contribution < -0.4 is 5.32 Å². The molecule has 1 saturated heterocycles. The number of piperazine rings is 1. The van der Waals surface area contributed by atoms with E-state index in [1.165, 1.54) is 51.9 Å². The van der Waals surface area contributed by atoms with Crippen molar-refractivity contribution in [2.45, 2.75) is 45.1 Å². The lowest BCUT2D eigenvalue weighted by Crippen LogP contribution is -2.55. The number of hydrogen-bond acceptors (Lipinski definition) is 2. The summed E-state index contributed by atoms with van der Waals surface area (Å²) in [5, 5.41) is 3.44. The molecule has 1 heterocycles. The highest BCUT2D eigenvalue weighted by molar-refractivity contribution is 4.92. The van der Waals surface area contributed by atoms with Crippen LogP contribution in [0.4, 0.5) is 0 Å². The van der Waals surface area contributed by atoms with Crippen molar-refractivity contribution in [3.8, 4) is 0 Å². The fourth-order valence-corrected chi connectivity index (χ4v) is 2.90. The van der Waals surface area contributed by atoms with E-state index in [0.29, 0.717) is 5.54 Å². The maximum absolute atomic E-state index is 3.44. The van der Waals surface area contributed by atoms with Gasteiger partial charge >= 0.3 is 0 Å². The molecular weight excluding hydrogens is 172 g/mol. The second-order valence-corrected chi connectivity index (χ2v) is 5.42. The van der Waals surface area contributed by atoms with Crippen molar-refractivity contribution in [3.63, 3.8) is 0 Å². The van der Waals surface area contributed by atoms with Crippen LogP contribution in [0.1, 0.15) is 39.5 Å². The van der Waals surface area contributed by atoms with Crippen LogP contribution in [0.3, 0.4) is 0 Å². The largest absolute Gasteiger partial charge is 0.314 e. The molecule has 0 spiro atoms. The smallest absolute Gasteiger partial charge is 0.0182 e. The van der Waals surface area contributed by atoms with Gasteiger partial charge in [0.1, 0.15) is 0 Å². The molecule has 1 aliphatic heterocycles. The maximum atomic E-state index is 3.44. The first kappa shape index (κ1) is 10.4. The van der Waals surface area contributed by atoms with Crippen LogP contribution >= 0.6 is 0 Å². The molecule has 0 aromatic heterocycles. The van der Waals surface area contributed by atoms with E-state index >= 15 is 0 Å². The first-order valence-corrected chi connectivity index (χ1v) is 6.16. The van der Waals surface area contributed by atoms with Gasteiger partial charge in [0.15, 0.2) is 0 Å². The number of nitrogens with zero attached hydrogens (tertiary/aromatic N) is 1. The van der Waals surface area contributed by atoms with Crippen molar-refractivity contribution in [2.24, 2.45) is 5.92 Å². The van der Waals surface area contributed by atoms with Crippen molar-refractivity contribution in [1.82, 2.24) is 10.2 Å². The molecule has 82 valence electrons. The van der Waals surface area contributed by atoms with E-state index < -0.39 is 0 Å². The summed E-state index contributed by atoms with van der Waals surface area (Å²) in [6.45, 7) is 9.76. The first-order valence-electron chi connectivity index (χ1n) is 6.16. The van der Waals surface area contributed by atoms with Gasteiger partial charge < -0.3 is 5.32 Å². The van der Waals surface area contributed by atoms with Gasteiger partial charge in [0, 0.05) is 31.7 Å². The lowest BCUT2D eigenvalue weighted by atomic mass is 9.77. The van der Waals surface area contributed by atoms with Crippen LogP contribution in [0.2, 0.25) is 0 Å². The minimum atomic E-state index is 0.522. The maximum Gasteiger partial charge on any atom is 0.0182 e. The Bertz CT molecular complexity index is 177. The van der Waals surface area contributed by atoms with E-state index in [1.54, 1.807) is 0 Å². The number of hydrogen-bond donors (Lipinski definition) is 1. The van der Waals surface area contributed by atoms with Crippen molar-refractivity contribution in [1.29, 1.82) is 0 Å². The van der Waals surface area contributed by atoms with Gasteiger partial charge in [0.05, 0.1) is 0 Å². The fraction of sp³-hybridized carbons (Fsp3) is 1.00. The third kappa shape index (κ3) is 2.12. The van der Waals surface area contributed by atoms with Gasteiger partial charge in [0.2, 0.25) is 0 Å². The van der Waals surface area contributed by atoms with Gasteiger partial charge in [-0.25, -0.2) is 0 Å². The minimum Gasteiger partial charge on any atom is -0.314 e. The highest BCUT2D eigenvalue weighted by atomic mass is 15.2. The normalized spacial score (nSPS) is 41.1. The monoisotopic (exact) mass is 196 g/mol. The number of rotatable bonds is 1. The second-order valence-electron chi connectivity index (χ2n) is 5.42. The summed E-state index contributed by atoms with van der Waals surface area (Å²) in [6, 6.07) is 0. The summed E-state index contributed by atoms with van der Waals surface area (Å²) >= 11 is 0. The fourth-order valence-electron chi connectivity index (χ4n) is 2.90. The molecule has 0 aromatic rings. The molecule has 0 bridgehead atoms. The van der Waals surface area contributed by atoms with Gasteiger partial charge in [-0.3, -0.25) is 4.90 Å². The molecule has 0 aromatic carbocycles. The van der Waals surface area contributed by atoms with Crippen LogP contribution in [0.25, 0.3) is 0 Å². The molecule has 0 unspecified atom stereocenters. The van der Waals surface area contributed by atoms with Crippen LogP contribution in [-0.4, -0.2) is 36.6 Å². The molecule has 2 nitrogen and oxygen atoms in total. The van der Waals surface area contributed by atoms with E-state index in [4.69, 9.17) is 0 Å². The summed E-state index contributed by atoms with van der Waals surface area (Å²) in [5.41, 5.74) is 0.522. The Kier molecular flexibility index (Phi) is 3.13. The van der Waals surface area contributed by atoms with E-state index in [0.717, 1.165) is 5.92 Å². The lowest BCUT2D eigenvalue weighted by molar-refractivity contribution is 0.0432. The summed E-state index contributed by atoms with van der Waals surface area (Å²) in [6.07, 6.45) is 5.68. The van der Waals surface area contributed by atoms with E-state index in [9.17, 15) is 0 Å². The molecular formula is C12H24N2. The van der Waals surface area contributed by atoms with Gasteiger partial charge in [-0.1, -0.05) is 6.92 Å². The van der Waals surface area contributed by atoms with Crippen molar-refractivity contribution in [3.05, 3.63) is 0 Å². The Morgan fingerprint density at radius 3 is 2.29 bits per heavy atom. The van der Waals surface area contributed by atoms with E-state index in [1.807, 2.05) is 0 Å². The molecule has 0 atom stereocenters. The Morgan fingerprint density at radius 2 is 1.71 bits per heavy atom. The van der Waals surface area contributed by atoms with Crippen LogP contribution in [0.5, 0.6) is 0 Å². The predicted molar refractivity (Wildman–Crippen MR) is 60.5 cm³/mol. The molecule has 2 aliphatic rings. The Hall–Kier alpha value is -0.0800. The van der Waals surface area contributed by atoms with Gasteiger partial charge in [0.25, 0.3) is 0 Å². The molecule has 2 heteroatoms. The highest BCUT2D eigenvalue weighted by Crippen LogP contribution is 2.35. The summed E-state index contributed by atoms with van der Waals surface area (Å²) in [4.78, 5) is 2.72. The lowest BCUT2D eigenvalue weighted by Gasteiger charge is -2.47. The zero-order valence-electron chi connectivity index (χ0n) is 9.68. The van der Waals surface area contributed by atoms with Gasteiger partial charge in [-0.15, -0.1) is 0 Å². The summed E-state index contributed by atoms with van der Waals surface area (Å²) in [5.74, 6) is 0.964. The Labute approximate surface area is 88.1 Å². The summed E-state index contributed by atoms with van der Waals surface area (Å²) < 4.78 is 0. The third-order valence-corrected chi connectivity index (χ3v) is 4.23. The van der Waals surface area contributed by atoms with E-state index in [-0.39, 0.29) is 0 Å². The molecule has 1 saturated carbocycles. The van der Waals surface area contributed by atoms with Gasteiger partial charge in [-0.2, -0.15) is 0 Å². The van der Waals surface area contributed by atoms with Crippen molar-refractivity contribution in [2.75, 3.05) is 26.2 Å². The molecule has 2 rings (SSSR count). The zero-order valence-corrected chi connectivity index (χ0v) is 9.68. The van der Waals surface area contributed by atoms with Crippen LogP contribution in [0.15, 0.2) is 0 Å². The molecule has 1 N–H and O–H groups in total. The molecule has 14 heavy (non-hydrogen) atoms. The summed E-state index contributed by atoms with van der Waals surface area (Å²) in [7, 11) is 0. The molecule has 0 amide bonds. The standard InChI is InChI=1S/C12H24N2/c1-11-3-5-12(2,6-4-11)14-9-7-13-8-10-14/h11,13H,3-10H2,1-2H3. The highest BCUT2D eigenvalue weighted by Gasteiger charge is 2.35. The molecule has 2 fully saturated rings. The first-order chi connectivity index (χ1) is 6.71. The SMILES string of the molecule is CC1CCC(C)(N2CCNCC2)CC1. The molecule has 1 aliphatic carbocycles. The van der Waals surface area contributed by atoms with E-state index in [2.05, 4.69) is 24.1 Å².